The van der Waals surface area contributed by atoms with Gasteiger partial charge >= 0.3 is 0 Å². The molecule has 0 spiro atoms. The van der Waals surface area contributed by atoms with E-state index in [0.717, 1.165) is 16.7 Å². The Morgan fingerprint density at radius 2 is 1.45 bits per heavy atom. The SMILES string of the molecule is Cc1cc(C)cc(CC(N)c2c(C)cc(C)cc2F)c1. The van der Waals surface area contributed by atoms with Crippen molar-refractivity contribution < 1.29 is 4.39 Å². The molecule has 0 aliphatic rings. The summed E-state index contributed by atoms with van der Waals surface area (Å²) in [4.78, 5) is 0. The number of aryl methyl sites for hydroxylation is 4. The Balaban J connectivity index is 2.30. The lowest BCUT2D eigenvalue weighted by Crippen LogP contribution is -2.17. The fourth-order valence-electron chi connectivity index (χ4n) is 2.94. The van der Waals surface area contributed by atoms with Gasteiger partial charge in [-0.05, 0) is 56.9 Å². The maximum atomic E-state index is 14.1. The first-order chi connectivity index (χ1) is 9.36. The lowest BCUT2D eigenvalue weighted by atomic mass is 9.93. The van der Waals surface area contributed by atoms with Gasteiger partial charge in [-0.1, -0.05) is 35.4 Å². The highest BCUT2D eigenvalue weighted by atomic mass is 19.1. The molecule has 1 unspecified atom stereocenters. The van der Waals surface area contributed by atoms with E-state index in [1.54, 1.807) is 6.07 Å². The molecule has 0 aliphatic carbocycles. The van der Waals surface area contributed by atoms with Crippen LogP contribution in [0.2, 0.25) is 0 Å². The zero-order valence-corrected chi connectivity index (χ0v) is 12.6. The molecular weight excluding hydrogens is 249 g/mol. The molecule has 2 heteroatoms. The average molecular weight is 271 g/mol. The van der Waals surface area contributed by atoms with Crippen LogP contribution in [0.4, 0.5) is 4.39 Å². The van der Waals surface area contributed by atoms with Crippen LogP contribution in [-0.2, 0) is 6.42 Å². The standard InChI is InChI=1S/C18H22FN/c1-11-5-12(2)8-15(7-11)10-17(20)18-14(4)6-13(3)9-16(18)19/h5-9,17H,10,20H2,1-4H3. The Morgan fingerprint density at radius 3 is 2.00 bits per heavy atom. The molecule has 0 saturated carbocycles. The number of nitrogens with two attached hydrogens (primary N) is 1. The summed E-state index contributed by atoms with van der Waals surface area (Å²) in [7, 11) is 0. The van der Waals surface area contributed by atoms with E-state index in [1.165, 1.54) is 11.1 Å². The maximum Gasteiger partial charge on any atom is 0.128 e. The van der Waals surface area contributed by atoms with Gasteiger partial charge in [0.25, 0.3) is 0 Å². The van der Waals surface area contributed by atoms with Gasteiger partial charge in [0, 0.05) is 11.6 Å². The van der Waals surface area contributed by atoms with Crippen molar-refractivity contribution in [2.75, 3.05) is 0 Å². The summed E-state index contributed by atoms with van der Waals surface area (Å²) >= 11 is 0. The van der Waals surface area contributed by atoms with Gasteiger partial charge in [-0.2, -0.15) is 0 Å². The minimum atomic E-state index is -0.309. The van der Waals surface area contributed by atoms with Crippen LogP contribution in [0.1, 0.15) is 39.4 Å². The number of hydrogen-bond acceptors (Lipinski definition) is 1. The third kappa shape index (κ3) is 3.26. The first kappa shape index (κ1) is 14.7. The summed E-state index contributed by atoms with van der Waals surface area (Å²) in [6, 6.07) is 9.61. The molecule has 0 heterocycles. The van der Waals surface area contributed by atoms with Crippen molar-refractivity contribution in [1.29, 1.82) is 0 Å². The smallest absolute Gasteiger partial charge is 0.128 e. The zero-order chi connectivity index (χ0) is 14.9. The molecule has 0 fully saturated rings. The van der Waals surface area contributed by atoms with Crippen molar-refractivity contribution in [2.45, 2.75) is 40.2 Å². The lowest BCUT2D eigenvalue weighted by molar-refractivity contribution is 0.576. The number of halogens is 1. The van der Waals surface area contributed by atoms with Crippen molar-refractivity contribution >= 4 is 0 Å². The van der Waals surface area contributed by atoms with Crippen molar-refractivity contribution in [1.82, 2.24) is 0 Å². The van der Waals surface area contributed by atoms with E-state index in [9.17, 15) is 4.39 Å². The molecule has 2 rings (SSSR count). The van der Waals surface area contributed by atoms with Crippen LogP contribution in [0, 0.1) is 33.5 Å². The molecule has 1 nitrogen and oxygen atoms in total. The summed E-state index contributed by atoms with van der Waals surface area (Å²) in [5.41, 5.74) is 12.3. The van der Waals surface area contributed by atoms with E-state index in [-0.39, 0.29) is 11.9 Å². The highest BCUT2D eigenvalue weighted by Crippen LogP contribution is 2.24. The first-order valence-corrected chi connectivity index (χ1v) is 6.96. The van der Waals surface area contributed by atoms with Gasteiger partial charge in [-0.25, -0.2) is 4.39 Å². The molecule has 2 N–H and O–H groups in total. The van der Waals surface area contributed by atoms with Crippen LogP contribution in [0.3, 0.4) is 0 Å². The van der Waals surface area contributed by atoms with E-state index in [1.807, 2.05) is 19.9 Å². The topological polar surface area (TPSA) is 26.0 Å². The van der Waals surface area contributed by atoms with E-state index in [4.69, 9.17) is 5.73 Å². The minimum Gasteiger partial charge on any atom is -0.324 e. The fourth-order valence-corrected chi connectivity index (χ4v) is 2.94. The Hall–Kier alpha value is -1.67. The molecule has 1 atom stereocenters. The van der Waals surface area contributed by atoms with Gasteiger partial charge in [0.05, 0.1) is 0 Å². The molecule has 0 radical (unpaired) electrons. The monoisotopic (exact) mass is 271 g/mol. The predicted molar refractivity (Wildman–Crippen MR) is 82.4 cm³/mol. The fraction of sp³-hybridized carbons (Fsp3) is 0.333. The Bertz CT molecular complexity index is 588. The van der Waals surface area contributed by atoms with Gasteiger partial charge < -0.3 is 5.73 Å². The summed E-state index contributed by atoms with van der Waals surface area (Å²) in [6.07, 6.45) is 0.656. The van der Waals surface area contributed by atoms with Crippen LogP contribution in [0.15, 0.2) is 30.3 Å². The zero-order valence-electron chi connectivity index (χ0n) is 12.6. The van der Waals surface area contributed by atoms with Crippen LogP contribution in [0.25, 0.3) is 0 Å². The van der Waals surface area contributed by atoms with E-state index in [0.29, 0.717) is 12.0 Å². The molecule has 20 heavy (non-hydrogen) atoms. The molecule has 106 valence electrons. The van der Waals surface area contributed by atoms with Crippen molar-refractivity contribution in [2.24, 2.45) is 5.73 Å². The summed E-state index contributed by atoms with van der Waals surface area (Å²) in [5, 5.41) is 0. The maximum absolute atomic E-state index is 14.1. The van der Waals surface area contributed by atoms with Gasteiger partial charge in [-0.15, -0.1) is 0 Å². The van der Waals surface area contributed by atoms with Crippen LogP contribution in [-0.4, -0.2) is 0 Å². The van der Waals surface area contributed by atoms with E-state index in [2.05, 4.69) is 32.0 Å². The lowest BCUT2D eigenvalue weighted by Gasteiger charge is -2.17. The molecule has 0 saturated heterocycles. The second kappa shape index (κ2) is 5.76. The van der Waals surface area contributed by atoms with E-state index < -0.39 is 0 Å². The molecule has 2 aromatic rings. The largest absolute Gasteiger partial charge is 0.324 e. The number of benzene rings is 2. The third-order valence-electron chi connectivity index (χ3n) is 3.59. The summed E-state index contributed by atoms with van der Waals surface area (Å²) in [5.74, 6) is -0.195. The summed E-state index contributed by atoms with van der Waals surface area (Å²) < 4.78 is 14.1. The highest BCUT2D eigenvalue weighted by Gasteiger charge is 2.15. The number of rotatable bonds is 3. The third-order valence-corrected chi connectivity index (χ3v) is 3.59. The minimum absolute atomic E-state index is 0.195. The Labute approximate surface area is 120 Å². The highest BCUT2D eigenvalue weighted by molar-refractivity contribution is 5.36. The quantitative estimate of drug-likeness (QED) is 0.885. The van der Waals surface area contributed by atoms with E-state index >= 15 is 0 Å². The van der Waals surface area contributed by atoms with Crippen molar-refractivity contribution in [3.63, 3.8) is 0 Å². The second-order valence-corrected chi connectivity index (χ2v) is 5.78. The summed E-state index contributed by atoms with van der Waals surface area (Å²) in [6.45, 7) is 7.96. The van der Waals surface area contributed by atoms with Crippen LogP contribution >= 0.6 is 0 Å². The molecular formula is C18H22FN. The normalized spacial score (nSPS) is 12.5. The second-order valence-electron chi connectivity index (χ2n) is 5.78. The predicted octanol–water partition coefficient (Wildman–Crippen LogP) is 4.30. The van der Waals surface area contributed by atoms with Gasteiger partial charge in [0.15, 0.2) is 0 Å². The molecule has 0 aromatic heterocycles. The number of hydrogen-bond donors (Lipinski definition) is 1. The molecule has 0 bridgehead atoms. The van der Waals surface area contributed by atoms with Crippen molar-refractivity contribution in [3.05, 3.63) is 69.5 Å². The molecule has 0 aliphatic heterocycles. The van der Waals surface area contributed by atoms with Crippen LogP contribution in [0.5, 0.6) is 0 Å². The first-order valence-electron chi connectivity index (χ1n) is 6.96. The van der Waals surface area contributed by atoms with Gasteiger partial charge in [0.1, 0.15) is 5.82 Å². The average Bonchev–Trinajstić information content (AvgIpc) is 2.25. The Kier molecular flexibility index (Phi) is 4.24. The van der Waals surface area contributed by atoms with Gasteiger partial charge in [0.2, 0.25) is 0 Å². The van der Waals surface area contributed by atoms with Crippen molar-refractivity contribution in [3.8, 4) is 0 Å². The van der Waals surface area contributed by atoms with Gasteiger partial charge in [-0.3, -0.25) is 0 Å². The Morgan fingerprint density at radius 1 is 0.900 bits per heavy atom. The van der Waals surface area contributed by atoms with Crippen LogP contribution < -0.4 is 5.73 Å². The molecule has 2 aromatic carbocycles. The molecule has 0 amide bonds.